The Morgan fingerprint density at radius 3 is 0.338 bits per heavy atom. The van der Waals surface area contributed by atoms with Gasteiger partial charge in [0.15, 0.2) is 0 Å². The van der Waals surface area contributed by atoms with Crippen LogP contribution in [0.3, 0.4) is 0 Å². The van der Waals surface area contributed by atoms with Crippen LogP contribution in [0.25, 0.3) is 66.8 Å². The Kier molecular flexibility index (Phi) is 15.8. The number of rotatable bonds is 12. The minimum atomic E-state index is -2.61. The molecule has 12 rings (SSSR count). The maximum absolute atomic E-state index is 2.61. The van der Waals surface area contributed by atoms with Gasteiger partial charge in [-0.1, -0.05) is 0 Å². The summed E-state index contributed by atoms with van der Waals surface area (Å²) in [6.45, 7) is 0. The minimum absolute atomic E-state index is 1.26. The first-order valence-electron chi connectivity index (χ1n) is 25.4. The van der Waals surface area contributed by atoms with Gasteiger partial charge in [-0.25, -0.2) is 0 Å². The van der Waals surface area contributed by atoms with E-state index in [2.05, 4.69) is 328 Å². The predicted octanol–water partition coefficient (Wildman–Crippen LogP) is 14.4. The number of hydrogen-bond acceptors (Lipinski definition) is 0. The molecular formula is C72H54Pb2. The van der Waals surface area contributed by atoms with Crippen molar-refractivity contribution in [2.45, 2.75) is 0 Å². The van der Waals surface area contributed by atoms with Gasteiger partial charge in [0.2, 0.25) is 0 Å². The first-order chi connectivity index (χ1) is 36.7. The van der Waals surface area contributed by atoms with Gasteiger partial charge < -0.3 is 0 Å². The zero-order valence-electron chi connectivity index (χ0n) is 41.2. The Labute approximate surface area is 454 Å². The Morgan fingerprint density at radius 1 is 0.108 bits per heavy atom. The molecule has 0 bridgehead atoms. The third-order valence-electron chi connectivity index (χ3n) is 13.7. The van der Waals surface area contributed by atoms with Gasteiger partial charge in [0.1, 0.15) is 0 Å². The van der Waals surface area contributed by atoms with Crippen LogP contribution in [-0.4, -0.2) is 45.4 Å². The fourth-order valence-electron chi connectivity index (χ4n) is 9.76. The molecular weight excluding hydrogens is 1280 g/mol. The third-order valence-corrected chi connectivity index (χ3v) is 34.9. The molecule has 0 fully saturated rings. The topological polar surface area (TPSA) is 0 Å². The molecule has 2 radical (unpaired) electrons. The van der Waals surface area contributed by atoms with E-state index >= 15 is 0 Å². The molecule has 0 aliphatic rings. The zero-order valence-corrected chi connectivity index (χ0v) is 49.0. The van der Waals surface area contributed by atoms with Crippen LogP contribution in [0.2, 0.25) is 0 Å². The molecule has 74 heavy (non-hydrogen) atoms. The van der Waals surface area contributed by atoms with Gasteiger partial charge in [0.25, 0.3) is 0 Å². The maximum atomic E-state index is 2.38. The summed E-state index contributed by atoms with van der Waals surface area (Å²) in [6.07, 6.45) is 0. The molecule has 0 heterocycles. The summed E-state index contributed by atoms with van der Waals surface area (Å²) in [6, 6.07) is 120. The van der Waals surface area contributed by atoms with Crippen molar-refractivity contribution in [2.24, 2.45) is 0 Å². The van der Waals surface area contributed by atoms with Crippen molar-refractivity contribution in [2.75, 3.05) is 0 Å². The molecule has 12 aromatic rings. The van der Waals surface area contributed by atoms with Crippen LogP contribution in [0.1, 0.15) is 0 Å². The zero-order chi connectivity index (χ0) is 49.7. The van der Waals surface area contributed by atoms with Crippen LogP contribution < -0.4 is 18.7 Å². The molecule has 350 valence electrons. The van der Waals surface area contributed by atoms with E-state index in [-0.39, 0.29) is 0 Å². The molecule has 0 amide bonds. The summed E-state index contributed by atoms with van der Waals surface area (Å²) in [7, 11) is 0. The van der Waals surface area contributed by atoms with E-state index in [0.717, 1.165) is 0 Å². The second-order valence-electron chi connectivity index (χ2n) is 18.4. The Morgan fingerprint density at radius 2 is 0.216 bits per heavy atom. The Balaban J connectivity index is 0.000000159. The molecule has 0 unspecified atom stereocenters. The number of hydrogen-bond donors (Lipinski definition) is 0. The standard InChI is InChI=1S/6C12H9.2Pb/c6*1-3-7-11(8-4-1)12-9-5-2-6-10-12;;/h6*1,3-10H;;. The van der Waals surface area contributed by atoms with Gasteiger partial charge in [0.05, 0.1) is 0 Å². The van der Waals surface area contributed by atoms with E-state index < -0.39 is 45.4 Å². The second-order valence-corrected chi connectivity index (χ2v) is 37.7. The third kappa shape index (κ3) is 11.8. The Hall–Kier alpha value is -7.52. The fraction of sp³-hybridized carbons (Fsp3) is 0. The van der Waals surface area contributed by atoms with Gasteiger partial charge >= 0.3 is 458 Å². The van der Waals surface area contributed by atoms with Gasteiger partial charge in [-0.15, -0.1) is 0 Å². The van der Waals surface area contributed by atoms with E-state index in [9.17, 15) is 0 Å². The van der Waals surface area contributed by atoms with Gasteiger partial charge in [-0.2, -0.15) is 0 Å². The van der Waals surface area contributed by atoms with E-state index in [1.54, 1.807) is 0 Å². The normalized spacial score (nSPS) is 10.9. The summed E-state index contributed by atoms with van der Waals surface area (Å²) in [5.74, 6) is 0. The predicted molar refractivity (Wildman–Crippen MR) is 321 cm³/mol. The summed E-state index contributed by atoms with van der Waals surface area (Å²) >= 11 is -5.23. The van der Waals surface area contributed by atoms with Crippen molar-refractivity contribution in [3.63, 3.8) is 0 Å². The molecule has 0 saturated carbocycles. The van der Waals surface area contributed by atoms with Crippen molar-refractivity contribution in [1.29, 1.82) is 0 Å². The fourth-order valence-corrected chi connectivity index (χ4v) is 29.2. The molecule has 12 aromatic carbocycles. The molecule has 0 aliphatic heterocycles. The van der Waals surface area contributed by atoms with Gasteiger partial charge in [-0.3, -0.25) is 0 Å². The Bertz CT molecular complexity index is 2960. The second kappa shape index (κ2) is 24.0. The molecule has 0 aliphatic carbocycles. The molecule has 0 aromatic heterocycles. The summed E-state index contributed by atoms with van der Waals surface area (Å²) in [4.78, 5) is 0. The van der Waals surface area contributed by atoms with Crippen LogP contribution in [0, 0.1) is 0 Å². The van der Waals surface area contributed by atoms with Gasteiger partial charge in [-0.05, 0) is 0 Å². The molecule has 0 atom stereocenters. The first kappa shape index (κ1) is 48.7. The van der Waals surface area contributed by atoms with Crippen molar-refractivity contribution >= 4 is 64.1 Å². The van der Waals surface area contributed by atoms with Crippen molar-refractivity contribution < 1.29 is 0 Å². The van der Waals surface area contributed by atoms with Crippen molar-refractivity contribution in [3.8, 4) is 66.8 Å². The average Bonchev–Trinajstić information content (AvgIpc) is 3.50. The van der Waals surface area contributed by atoms with Crippen molar-refractivity contribution in [1.82, 2.24) is 0 Å². The van der Waals surface area contributed by atoms with Crippen LogP contribution >= 0.6 is 0 Å². The summed E-state index contributed by atoms with van der Waals surface area (Å²) < 4.78 is 9.03. The molecule has 0 saturated heterocycles. The monoisotopic (exact) mass is 1330 g/mol. The van der Waals surface area contributed by atoms with E-state index in [0.29, 0.717) is 0 Å². The van der Waals surface area contributed by atoms with Crippen molar-refractivity contribution in [3.05, 3.63) is 328 Å². The van der Waals surface area contributed by atoms with E-state index in [1.807, 2.05) is 0 Å². The van der Waals surface area contributed by atoms with E-state index in [1.165, 1.54) is 85.5 Å². The summed E-state index contributed by atoms with van der Waals surface area (Å²) in [5.41, 5.74) is 15.2. The van der Waals surface area contributed by atoms with Crippen LogP contribution in [0.4, 0.5) is 0 Å². The van der Waals surface area contributed by atoms with E-state index in [4.69, 9.17) is 0 Å². The average molecular weight is 1330 g/mol. The molecule has 2 heteroatoms. The number of benzene rings is 12. The van der Waals surface area contributed by atoms with Crippen LogP contribution in [0.5, 0.6) is 0 Å². The molecule has 0 spiro atoms. The quantitative estimate of drug-likeness (QED) is 0.107. The molecule has 0 nitrogen and oxygen atoms in total. The first-order valence-corrected chi connectivity index (χ1v) is 37.1. The van der Waals surface area contributed by atoms with Crippen LogP contribution in [0.15, 0.2) is 328 Å². The van der Waals surface area contributed by atoms with Gasteiger partial charge in [0, 0.05) is 0 Å². The molecule has 0 N–H and O–H groups in total. The SMILES string of the molecule is c1ccc(-c2cc[c]([Pb]([c]3ccc(-c4ccccc4)cc3)[c]3ccc(-c4ccccc4)cc3)cc2)cc1.c1ccc(-c2cc[c]([Pb]([c]3ccc(-c4ccccc4)cc3)[c]3ccc(-c4ccccc4)cc3)cc2)cc1. The van der Waals surface area contributed by atoms with Crippen LogP contribution in [-0.2, 0) is 0 Å². The summed E-state index contributed by atoms with van der Waals surface area (Å²) in [5, 5.41) is 0.